The van der Waals surface area contributed by atoms with Gasteiger partial charge in [-0.1, -0.05) is 6.92 Å². The Bertz CT molecular complexity index is 467. The summed E-state index contributed by atoms with van der Waals surface area (Å²) in [5.74, 6) is 0.905. The van der Waals surface area contributed by atoms with Gasteiger partial charge < -0.3 is 19.1 Å². The summed E-state index contributed by atoms with van der Waals surface area (Å²) in [5.41, 5.74) is 0. The quantitative estimate of drug-likeness (QED) is 0.689. The zero-order chi connectivity index (χ0) is 18.6. The molecule has 6 nitrogen and oxygen atoms in total. The molecule has 1 saturated carbocycles. The SMILES string of the molecule is CCCN1C[C@@H](CC(=O)N(C)CCOC)C[C@@H]2CC3(CC[C@H]21)OCCO3. The van der Waals surface area contributed by atoms with Gasteiger partial charge in [0.15, 0.2) is 5.79 Å². The van der Waals surface area contributed by atoms with Crippen molar-refractivity contribution in [1.29, 1.82) is 0 Å². The summed E-state index contributed by atoms with van der Waals surface area (Å²) in [6, 6.07) is 0.631. The number of carbonyl (C=O) groups excluding carboxylic acids is 1. The van der Waals surface area contributed by atoms with E-state index in [0.29, 0.717) is 37.5 Å². The molecule has 3 aliphatic rings. The van der Waals surface area contributed by atoms with E-state index in [9.17, 15) is 4.79 Å². The number of carbonyl (C=O) groups is 1. The minimum atomic E-state index is -0.333. The van der Waals surface area contributed by atoms with Crippen LogP contribution in [0.25, 0.3) is 0 Å². The minimum Gasteiger partial charge on any atom is -0.383 e. The summed E-state index contributed by atoms with van der Waals surface area (Å²) >= 11 is 0. The largest absolute Gasteiger partial charge is 0.383 e. The second kappa shape index (κ2) is 9.00. The van der Waals surface area contributed by atoms with Crippen molar-refractivity contribution in [3.8, 4) is 0 Å². The molecule has 3 rings (SSSR count). The van der Waals surface area contributed by atoms with E-state index >= 15 is 0 Å². The number of amides is 1. The Kier molecular flexibility index (Phi) is 6.94. The van der Waals surface area contributed by atoms with Crippen LogP contribution in [0.3, 0.4) is 0 Å². The first-order valence-corrected chi connectivity index (χ1v) is 10.3. The summed E-state index contributed by atoms with van der Waals surface area (Å²) in [4.78, 5) is 17.0. The van der Waals surface area contributed by atoms with Gasteiger partial charge in [0.05, 0.1) is 19.8 Å². The van der Waals surface area contributed by atoms with Crippen molar-refractivity contribution in [2.45, 2.75) is 57.3 Å². The maximum absolute atomic E-state index is 12.6. The van der Waals surface area contributed by atoms with Crippen molar-refractivity contribution in [2.75, 3.05) is 53.6 Å². The van der Waals surface area contributed by atoms with Crippen molar-refractivity contribution in [2.24, 2.45) is 11.8 Å². The fourth-order valence-corrected chi connectivity index (χ4v) is 5.14. The topological polar surface area (TPSA) is 51.2 Å². The van der Waals surface area contributed by atoms with Gasteiger partial charge in [-0.25, -0.2) is 0 Å². The molecule has 3 fully saturated rings. The second-order valence-electron chi connectivity index (χ2n) is 8.29. The molecule has 2 saturated heterocycles. The Morgan fingerprint density at radius 2 is 2.12 bits per heavy atom. The number of hydrogen-bond donors (Lipinski definition) is 0. The van der Waals surface area contributed by atoms with Crippen LogP contribution >= 0.6 is 0 Å². The summed E-state index contributed by atoms with van der Waals surface area (Å²) in [6.07, 6.45) is 6.07. The Morgan fingerprint density at radius 3 is 2.81 bits per heavy atom. The molecule has 150 valence electrons. The molecular weight excluding hydrogens is 332 g/mol. The van der Waals surface area contributed by atoms with Crippen LogP contribution in [0.5, 0.6) is 0 Å². The lowest BCUT2D eigenvalue weighted by Gasteiger charge is -2.51. The van der Waals surface area contributed by atoms with E-state index in [1.54, 1.807) is 7.11 Å². The van der Waals surface area contributed by atoms with E-state index in [0.717, 1.165) is 58.4 Å². The molecule has 0 unspecified atom stereocenters. The minimum absolute atomic E-state index is 0.237. The molecule has 2 aliphatic heterocycles. The van der Waals surface area contributed by atoms with Gasteiger partial charge in [-0.3, -0.25) is 9.69 Å². The van der Waals surface area contributed by atoms with E-state index in [-0.39, 0.29) is 11.7 Å². The molecule has 1 amide bonds. The molecule has 0 N–H and O–H groups in total. The highest BCUT2D eigenvalue weighted by Gasteiger charge is 2.48. The average Bonchev–Trinajstić information content (AvgIpc) is 3.07. The van der Waals surface area contributed by atoms with Crippen molar-refractivity contribution >= 4 is 5.91 Å². The summed E-state index contributed by atoms with van der Waals surface area (Å²) in [6.45, 7) is 7.13. The monoisotopic (exact) mass is 368 g/mol. The van der Waals surface area contributed by atoms with Crippen molar-refractivity contribution < 1.29 is 19.0 Å². The number of nitrogens with zero attached hydrogens (tertiary/aromatic N) is 2. The van der Waals surface area contributed by atoms with Gasteiger partial charge in [0.2, 0.25) is 5.91 Å². The van der Waals surface area contributed by atoms with Crippen LogP contribution in [0.1, 0.15) is 45.4 Å². The van der Waals surface area contributed by atoms with E-state index in [4.69, 9.17) is 14.2 Å². The molecule has 26 heavy (non-hydrogen) atoms. The highest BCUT2D eigenvalue weighted by atomic mass is 16.7. The van der Waals surface area contributed by atoms with Crippen LogP contribution in [0.15, 0.2) is 0 Å². The van der Waals surface area contributed by atoms with Gasteiger partial charge >= 0.3 is 0 Å². The third kappa shape index (κ3) is 4.58. The first-order valence-electron chi connectivity index (χ1n) is 10.3. The average molecular weight is 369 g/mol. The molecule has 2 heterocycles. The standard InChI is InChI=1S/C20H36N2O4/c1-4-7-22-15-16(13-19(23)21(2)8-9-24-3)12-17-14-20(6-5-18(17)22)25-10-11-26-20/h16-18H,4-15H2,1-3H3/t16-,17-,18-/m1/s1. The fraction of sp³-hybridized carbons (Fsp3) is 0.950. The number of fused-ring (bicyclic) bond motifs is 1. The van der Waals surface area contributed by atoms with E-state index in [2.05, 4.69) is 11.8 Å². The third-order valence-corrected chi connectivity index (χ3v) is 6.38. The molecule has 6 heteroatoms. The summed E-state index contributed by atoms with van der Waals surface area (Å²) in [7, 11) is 3.56. The Labute approximate surface area is 158 Å². The molecule has 0 bridgehead atoms. The van der Waals surface area contributed by atoms with Crippen LogP contribution < -0.4 is 0 Å². The van der Waals surface area contributed by atoms with Crippen molar-refractivity contribution in [3.63, 3.8) is 0 Å². The molecular formula is C20H36N2O4. The second-order valence-corrected chi connectivity index (χ2v) is 8.29. The smallest absolute Gasteiger partial charge is 0.222 e. The predicted molar refractivity (Wildman–Crippen MR) is 99.9 cm³/mol. The maximum atomic E-state index is 12.6. The number of methoxy groups -OCH3 is 1. The first-order chi connectivity index (χ1) is 12.6. The maximum Gasteiger partial charge on any atom is 0.222 e. The number of likely N-dealkylation sites (N-methyl/N-ethyl adjacent to an activating group) is 1. The fourth-order valence-electron chi connectivity index (χ4n) is 5.14. The van der Waals surface area contributed by atoms with Crippen LogP contribution in [-0.2, 0) is 19.0 Å². The molecule has 1 spiro atoms. The molecule has 3 atom stereocenters. The summed E-state index contributed by atoms with van der Waals surface area (Å²) < 4.78 is 17.1. The Morgan fingerprint density at radius 1 is 1.35 bits per heavy atom. The highest BCUT2D eigenvalue weighted by molar-refractivity contribution is 5.76. The molecule has 1 aliphatic carbocycles. The number of piperidine rings is 1. The van der Waals surface area contributed by atoms with Gasteiger partial charge in [0.25, 0.3) is 0 Å². The summed E-state index contributed by atoms with van der Waals surface area (Å²) in [5, 5.41) is 0. The number of ether oxygens (including phenoxy) is 3. The van der Waals surface area contributed by atoms with Gasteiger partial charge in [-0.15, -0.1) is 0 Å². The number of rotatable bonds is 7. The van der Waals surface area contributed by atoms with Crippen molar-refractivity contribution in [3.05, 3.63) is 0 Å². The van der Waals surface area contributed by atoms with E-state index in [1.807, 2.05) is 11.9 Å². The lowest BCUT2D eigenvalue weighted by molar-refractivity contribution is -0.203. The third-order valence-electron chi connectivity index (χ3n) is 6.38. The first kappa shape index (κ1) is 20.1. The lowest BCUT2D eigenvalue weighted by atomic mass is 9.72. The van der Waals surface area contributed by atoms with E-state index < -0.39 is 0 Å². The Balaban J connectivity index is 1.62. The van der Waals surface area contributed by atoms with Crippen LogP contribution in [0, 0.1) is 11.8 Å². The van der Waals surface area contributed by atoms with Crippen LogP contribution in [0.2, 0.25) is 0 Å². The van der Waals surface area contributed by atoms with Gasteiger partial charge in [0, 0.05) is 52.6 Å². The molecule has 0 aromatic heterocycles. The van der Waals surface area contributed by atoms with Gasteiger partial charge in [-0.05, 0) is 37.6 Å². The zero-order valence-corrected chi connectivity index (χ0v) is 16.7. The Hall–Kier alpha value is -0.690. The normalized spacial score (nSPS) is 31.1. The predicted octanol–water partition coefficient (Wildman–Crippen LogP) is 2.13. The number of hydrogen-bond acceptors (Lipinski definition) is 5. The molecule has 0 aromatic rings. The van der Waals surface area contributed by atoms with Gasteiger partial charge in [-0.2, -0.15) is 0 Å². The van der Waals surface area contributed by atoms with Crippen LogP contribution in [-0.4, -0.2) is 81.1 Å². The molecule has 0 radical (unpaired) electrons. The van der Waals surface area contributed by atoms with Crippen molar-refractivity contribution in [1.82, 2.24) is 9.80 Å². The lowest BCUT2D eigenvalue weighted by Crippen LogP contribution is -2.55. The molecule has 0 aromatic carbocycles. The zero-order valence-electron chi connectivity index (χ0n) is 16.7. The van der Waals surface area contributed by atoms with Gasteiger partial charge in [0.1, 0.15) is 0 Å². The number of likely N-dealkylation sites (tertiary alicyclic amines) is 1. The van der Waals surface area contributed by atoms with E-state index in [1.165, 1.54) is 0 Å². The highest BCUT2D eigenvalue weighted by Crippen LogP contribution is 2.45. The van der Waals surface area contributed by atoms with Crippen LogP contribution in [0.4, 0.5) is 0 Å².